The smallest absolute Gasteiger partial charge is 0.267 e. The van der Waals surface area contributed by atoms with Crippen molar-refractivity contribution in [3.63, 3.8) is 0 Å². The van der Waals surface area contributed by atoms with Gasteiger partial charge in [0.15, 0.2) is 0 Å². The number of halogens is 2. The van der Waals surface area contributed by atoms with E-state index in [0.29, 0.717) is 27.6 Å². The van der Waals surface area contributed by atoms with Crippen molar-refractivity contribution in [2.24, 2.45) is 0 Å². The van der Waals surface area contributed by atoms with Crippen LogP contribution in [0.15, 0.2) is 59.9 Å². The summed E-state index contributed by atoms with van der Waals surface area (Å²) in [4.78, 5) is 21.7. The molecule has 0 saturated heterocycles. The molecule has 6 nitrogen and oxygen atoms in total. The Labute approximate surface area is 154 Å². The summed E-state index contributed by atoms with van der Waals surface area (Å²) < 4.78 is 3.94. The van der Waals surface area contributed by atoms with Gasteiger partial charge < -0.3 is 0 Å². The van der Waals surface area contributed by atoms with E-state index in [9.17, 15) is 4.79 Å². The predicted octanol–water partition coefficient (Wildman–Crippen LogP) is 3.22. The van der Waals surface area contributed by atoms with Crippen LogP contribution in [0.5, 0.6) is 0 Å². The van der Waals surface area contributed by atoms with Gasteiger partial charge in [0, 0.05) is 8.59 Å². The average molecular weight is 450 g/mol. The molecule has 0 atom stereocenters. The van der Waals surface area contributed by atoms with Gasteiger partial charge in [0.1, 0.15) is 12.7 Å². The van der Waals surface area contributed by atoms with Crippen LogP contribution in [0.3, 0.4) is 0 Å². The monoisotopic (exact) mass is 449 g/mol. The molecule has 0 fully saturated rings. The van der Waals surface area contributed by atoms with E-state index >= 15 is 0 Å². The van der Waals surface area contributed by atoms with Crippen LogP contribution in [0.25, 0.3) is 22.5 Å². The maximum atomic E-state index is 13.1. The van der Waals surface area contributed by atoms with E-state index in [1.54, 1.807) is 24.3 Å². The molecule has 24 heavy (non-hydrogen) atoms. The maximum absolute atomic E-state index is 13.1. The second-order valence-corrected chi connectivity index (χ2v) is 6.71. The van der Waals surface area contributed by atoms with Crippen LogP contribution in [-0.2, 0) is 0 Å². The first kappa shape index (κ1) is 15.3. The fraction of sp³-hybridized carbons (Fsp3) is 0. The fourth-order valence-electron chi connectivity index (χ4n) is 2.43. The standard InChI is InChI=1S/C16H9ClIN5O/c17-10-1-4-12(5-2-10)23-15(24)13-7-11(18)3-6-14(13)21-16(23)22-9-19-8-20-22/h1-9H. The minimum atomic E-state index is -0.175. The highest BCUT2D eigenvalue weighted by Crippen LogP contribution is 2.19. The molecule has 4 aromatic rings. The normalized spacial score (nSPS) is 11.1. The molecule has 2 heterocycles. The number of benzene rings is 2. The van der Waals surface area contributed by atoms with Gasteiger partial charge in [0.2, 0.25) is 5.95 Å². The zero-order chi connectivity index (χ0) is 16.7. The summed E-state index contributed by atoms with van der Waals surface area (Å²) in [6.07, 6.45) is 2.91. The molecule has 0 N–H and O–H groups in total. The van der Waals surface area contributed by atoms with Crippen LogP contribution >= 0.6 is 34.2 Å². The Morgan fingerprint density at radius 2 is 1.88 bits per heavy atom. The molecule has 0 radical (unpaired) electrons. The minimum absolute atomic E-state index is 0.175. The summed E-state index contributed by atoms with van der Waals surface area (Å²) in [5.74, 6) is 0.369. The number of hydrogen-bond donors (Lipinski definition) is 0. The highest BCUT2D eigenvalue weighted by molar-refractivity contribution is 14.1. The van der Waals surface area contributed by atoms with Crippen LogP contribution < -0.4 is 5.56 Å². The van der Waals surface area contributed by atoms with Gasteiger partial charge in [-0.25, -0.2) is 14.5 Å². The minimum Gasteiger partial charge on any atom is -0.268 e. The van der Waals surface area contributed by atoms with E-state index in [0.717, 1.165) is 3.57 Å². The van der Waals surface area contributed by atoms with Crippen molar-refractivity contribution < 1.29 is 0 Å². The van der Waals surface area contributed by atoms with Crippen LogP contribution in [0, 0.1) is 3.57 Å². The van der Waals surface area contributed by atoms with Gasteiger partial charge >= 0.3 is 0 Å². The Morgan fingerprint density at radius 1 is 1.08 bits per heavy atom. The average Bonchev–Trinajstić information content (AvgIpc) is 3.11. The van der Waals surface area contributed by atoms with Gasteiger partial charge in [-0.1, -0.05) is 11.6 Å². The lowest BCUT2D eigenvalue weighted by Gasteiger charge is -2.13. The van der Waals surface area contributed by atoms with Crippen molar-refractivity contribution in [3.05, 3.63) is 74.1 Å². The van der Waals surface area contributed by atoms with Crippen LogP contribution in [0.2, 0.25) is 5.02 Å². The molecule has 0 amide bonds. The molecule has 0 aliphatic heterocycles. The Bertz CT molecular complexity index is 1090. The van der Waals surface area contributed by atoms with E-state index in [2.05, 4.69) is 37.7 Å². The Hall–Kier alpha value is -2.26. The molecular formula is C16H9ClIN5O. The van der Waals surface area contributed by atoms with Gasteiger partial charge in [-0.15, -0.1) is 0 Å². The Balaban J connectivity index is 2.12. The molecular weight excluding hydrogens is 441 g/mol. The van der Waals surface area contributed by atoms with Gasteiger partial charge in [0.25, 0.3) is 5.56 Å². The van der Waals surface area contributed by atoms with E-state index in [1.807, 2.05) is 18.2 Å². The van der Waals surface area contributed by atoms with E-state index in [1.165, 1.54) is 21.9 Å². The summed E-state index contributed by atoms with van der Waals surface area (Å²) in [7, 11) is 0. The third-order valence-corrected chi connectivity index (χ3v) is 4.44. The first-order valence-electron chi connectivity index (χ1n) is 6.97. The topological polar surface area (TPSA) is 65.6 Å². The lowest BCUT2D eigenvalue weighted by molar-refractivity contribution is 0.761. The first-order valence-corrected chi connectivity index (χ1v) is 8.42. The van der Waals surface area contributed by atoms with Gasteiger partial charge in [-0.05, 0) is 65.1 Å². The molecule has 0 spiro atoms. The zero-order valence-electron chi connectivity index (χ0n) is 12.1. The fourth-order valence-corrected chi connectivity index (χ4v) is 3.05. The van der Waals surface area contributed by atoms with E-state index in [4.69, 9.17) is 11.6 Å². The van der Waals surface area contributed by atoms with E-state index < -0.39 is 0 Å². The highest BCUT2D eigenvalue weighted by Gasteiger charge is 2.15. The summed E-state index contributed by atoms with van der Waals surface area (Å²) in [6, 6.07) is 12.6. The number of rotatable bonds is 2. The number of fused-ring (bicyclic) bond motifs is 1. The molecule has 0 bridgehead atoms. The molecule has 0 aliphatic rings. The highest BCUT2D eigenvalue weighted by atomic mass is 127. The van der Waals surface area contributed by atoms with Crippen molar-refractivity contribution in [2.45, 2.75) is 0 Å². The lowest BCUT2D eigenvalue weighted by atomic mass is 10.2. The second-order valence-electron chi connectivity index (χ2n) is 5.03. The van der Waals surface area contributed by atoms with Crippen LogP contribution in [0.4, 0.5) is 0 Å². The summed E-state index contributed by atoms with van der Waals surface area (Å²) in [5, 5.41) is 5.25. The van der Waals surface area contributed by atoms with Crippen molar-refractivity contribution in [2.75, 3.05) is 0 Å². The molecule has 8 heteroatoms. The Kier molecular flexibility index (Phi) is 3.81. The number of aromatic nitrogens is 5. The molecule has 2 aromatic heterocycles. The third-order valence-electron chi connectivity index (χ3n) is 3.52. The van der Waals surface area contributed by atoms with Gasteiger partial charge in [-0.2, -0.15) is 9.78 Å². The second kappa shape index (κ2) is 5.99. The molecule has 2 aromatic carbocycles. The summed E-state index contributed by atoms with van der Waals surface area (Å²) in [5.41, 5.74) is 1.09. The third kappa shape index (κ3) is 2.59. The first-order chi connectivity index (χ1) is 11.6. The Morgan fingerprint density at radius 3 is 2.58 bits per heavy atom. The van der Waals surface area contributed by atoms with Crippen LogP contribution in [0.1, 0.15) is 0 Å². The number of nitrogens with zero attached hydrogens (tertiary/aromatic N) is 5. The van der Waals surface area contributed by atoms with Gasteiger partial charge in [-0.3, -0.25) is 4.79 Å². The lowest BCUT2D eigenvalue weighted by Crippen LogP contribution is -2.25. The molecule has 118 valence electrons. The van der Waals surface area contributed by atoms with Crippen molar-refractivity contribution in [1.82, 2.24) is 24.3 Å². The molecule has 4 rings (SSSR count). The summed E-state index contributed by atoms with van der Waals surface area (Å²) in [6.45, 7) is 0. The van der Waals surface area contributed by atoms with Crippen LogP contribution in [-0.4, -0.2) is 24.3 Å². The van der Waals surface area contributed by atoms with Gasteiger partial charge in [0.05, 0.1) is 16.6 Å². The van der Waals surface area contributed by atoms with Crippen molar-refractivity contribution in [1.29, 1.82) is 0 Å². The molecule has 0 aliphatic carbocycles. The molecule has 0 saturated carbocycles. The zero-order valence-corrected chi connectivity index (χ0v) is 15.0. The van der Waals surface area contributed by atoms with Crippen molar-refractivity contribution in [3.8, 4) is 11.6 Å². The summed E-state index contributed by atoms with van der Waals surface area (Å²) >= 11 is 8.14. The largest absolute Gasteiger partial charge is 0.268 e. The number of hydrogen-bond acceptors (Lipinski definition) is 4. The SMILES string of the molecule is O=c1c2cc(I)ccc2nc(-n2cncn2)n1-c1ccc(Cl)cc1. The molecule has 0 unspecified atom stereocenters. The predicted molar refractivity (Wildman–Crippen MR) is 100.0 cm³/mol. The quantitative estimate of drug-likeness (QED) is 0.441. The maximum Gasteiger partial charge on any atom is 0.267 e. The van der Waals surface area contributed by atoms with Crippen molar-refractivity contribution >= 4 is 45.1 Å². The van der Waals surface area contributed by atoms with E-state index in [-0.39, 0.29) is 5.56 Å².